The van der Waals surface area contributed by atoms with Crippen LogP contribution in [0.5, 0.6) is 0 Å². The summed E-state index contributed by atoms with van der Waals surface area (Å²) in [6, 6.07) is 12.6. The maximum atomic E-state index is 12.6. The highest BCUT2D eigenvalue weighted by Crippen LogP contribution is 2.30. The van der Waals surface area contributed by atoms with E-state index in [4.69, 9.17) is 0 Å². The van der Waals surface area contributed by atoms with Crippen LogP contribution in [0.1, 0.15) is 31.0 Å². The molecule has 1 atom stereocenters. The zero-order valence-corrected chi connectivity index (χ0v) is 14.8. The predicted molar refractivity (Wildman–Crippen MR) is 100 cm³/mol. The van der Waals surface area contributed by atoms with E-state index in [-0.39, 0.29) is 17.8 Å². The Morgan fingerprint density at radius 3 is 2.50 bits per heavy atom. The van der Waals surface area contributed by atoms with Gasteiger partial charge in [-0.1, -0.05) is 44.2 Å². The third kappa shape index (κ3) is 3.15. The molecule has 3 aromatic rings. The van der Waals surface area contributed by atoms with Gasteiger partial charge in [0.2, 0.25) is 5.82 Å². The molecule has 2 aromatic heterocycles. The molecule has 0 aliphatic carbocycles. The van der Waals surface area contributed by atoms with E-state index in [0.717, 1.165) is 11.1 Å². The van der Waals surface area contributed by atoms with Gasteiger partial charge < -0.3 is 5.32 Å². The van der Waals surface area contributed by atoms with Crippen molar-refractivity contribution in [2.45, 2.75) is 26.8 Å². The maximum Gasteiger partial charge on any atom is 0.376 e. The number of aromatic nitrogens is 2. The van der Waals surface area contributed by atoms with Crippen LogP contribution in [-0.2, 0) is 0 Å². The molecular weight excluding hydrogens is 332 g/mol. The Labute approximate surface area is 150 Å². The fourth-order valence-corrected chi connectivity index (χ4v) is 3.03. The first-order chi connectivity index (χ1) is 12.4. The Kier molecular flexibility index (Phi) is 4.71. The molecule has 7 heteroatoms. The smallest absolute Gasteiger partial charge is 0.357 e. The molecule has 0 bridgehead atoms. The quantitative estimate of drug-likeness (QED) is 0.558. The van der Waals surface area contributed by atoms with E-state index in [0.29, 0.717) is 5.65 Å². The fraction of sp³-hybridized carbons (Fsp3) is 0.263. The molecule has 1 unspecified atom stereocenters. The number of benzene rings is 1. The molecule has 26 heavy (non-hydrogen) atoms. The molecule has 0 amide bonds. The van der Waals surface area contributed by atoms with Gasteiger partial charge in [-0.3, -0.25) is 19.3 Å². The number of hydrogen-bond acceptors (Lipinski definition) is 5. The number of nitrogens with zero attached hydrogens (tertiary/aromatic N) is 3. The normalized spacial score (nSPS) is 12.3. The minimum atomic E-state index is -0.699. The number of anilines is 1. The zero-order valence-electron chi connectivity index (χ0n) is 14.8. The molecule has 0 aliphatic heterocycles. The van der Waals surface area contributed by atoms with Crippen LogP contribution in [0.15, 0.2) is 53.5 Å². The van der Waals surface area contributed by atoms with E-state index in [1.54, 1.807) is 18.2 Å². The summed E-state index contributed by atoms with van der Waals surface area (Å²) in [6.07, 6.45) is 1.47. The van der Waals surface area contributed by atoms with E-state index >= 15 is 0 Å². The second-order valence-electron chi connectivity index (χ2n) is 6.52. The summed E-state index contributed by atoms with van der Waals surface area (Å²) in [7, 11) is 0. The molecule has 1 N–H and O–H groups in total. The molecule has 0 spiro atoms. The van der Waals surface area contributed by atoms with Gasteiger partial charge in [0.1, 0.15) is 5.65 Å². The molecule has 2 heterocycles. The zero-order chi connectivity index (χ0) is 18.8. The van der Waals surface area contributed by atoms with Crippen molar-refractivity contribution in [2.75, 3.05) is 5.32 Å². The molecule has 7 nitrogen and oxygen atoms in total. The van der Waals surface area contributed by atoms with E-state index in [2.05, 4.69) is 10.3 Å². The molecule has 3 rings (SSSR count). The number of hydrogen-bond donors (Lipinski definition) is 1. The molecule has 0 aliphatic rings. The average molecular weight is 352 g/mol. The van der Waals surface area contributed by atoms with Gasteiger partial charge in [0.15, 0.2) is 0 Å². The van der Waals surface area contributed by atoms with Gasteiger partial charge in [-0.25, -0.2) is 4.98 Å². The second-order valence-corrected chi connectivity index (χ2v) is 6.52. The van der Waals surface area contributed by atoms with E-state index in [1.165, 1.54) is 10.6 Å². The van der Waals surface area contributed by atoms with Crippen LogP contribution in [0.2, 0.25) is 0 Å². The van der Waals surface area contributed by atoms with Gasteiger partial charge in [-0.05, 0) is 36.1 Å². The summed E-state index contributed by atoms with van der Waals surface area (Å²) in [5, 5.41) is 14.7. The first-order valence-electron chi connectivity index (χ1n) is 8.38. The highest BCUT2D eigenvalue weighted by atomic mass is 16.6. The fourth-order valence-electron chi connectivity index (χ4n) is 3.03. The van der Waals surface area contributed by atoms with Crippen molar-refractivity contribution < 1.29 is 4.92 Å². The average Bonchev–Trinajstić information content (AvgIpc) is 2.60. The van der Waals surface area contributed by atoms with E-state index < -0.39 is 16.2 Å². The van der Waals surface area contributed by atoms with Crippen LogP contribution in [0.25, 0.3) is 5.65 Å². The maximum absolute atomic E-state index is 12.6. The number of nitro groups is 1. The minimum Gasteiger partial charge on any atom is -0.357 e. The van der Waals surface area contributed by atoms with Gasteiger partial charge in [0.05, 0.1) is 11.0 Å². The third-order valence-corrected chi connectivity index (χ3v) is 4.38. The van der Waals surface area contributed by atoms with Crippen LogP contribution in [0, 0.1) is 23.0 Å². The Morgan fingerprint density at radius 1 is 1.15 bits per heavy atom. The number of aryl methyl sites for hydroxylation is 1. The summed E-state index contributed by atoms with van der Waals surface area (Å²) >= 11 is 0. The number of pyridine rings is 1. The lowest BCUT2D eigenvalue weighted by atomic mass is 9.92. The van der Waals surface area contributed by atoms with Crippen molar-refractivity contribution in [3.63, 3.8) is 0 Å². The molecule has 0 radical (unpaired) electrons. The summed E-state index contributed by atoms with van der Waals surface area (Å²) < 4.78 is 1.18. The molecule has 134 valence electrons. The second kappa shape index (κ2) is 6.95. The number of rotatable bonds is 5. The number of nitrogens with one attached hydrogen (secondary N) is 1. The first kappa shape index (κ1) is 17.6. The van der Waals surface area contributed by atoms with Crippen molar-refractivity contribution in [2.24, 2.45) is 5.92 Å². The first-order valence-corrected chi connectivity index (χ1v) is 8.38. The van der Waals surface area contributed by atoms with Crippen molar-refractivity contribution in [1.29, 1.82) is 0 Å². The van der Waals surface area contributed by atoms with Gasteiger partial charge in [0, 0.05) is 6.20 Å². The predicted octanol–water partition coefficient (Wildman–Crippen LogP) is 3.72. The van der Waals surface area contributed by atoms with Crippen molar-refractivity contribution in [1.82, 2.24) is 9.38 Å². The van der Waals surface area contributed by atoms with Crippen LogP contribution in [0.3, 0.4) is 0 Å². The SMILES string of the molecule is Cc1ccccc1C(Nc1nc2ccccn2c(=O)c1[N+](=O)[O-])C(C)C. The molecular formula is C19H20N4O3. The Morgan fingerprint density at radius 2 is 1.85 bits per heavy atom. The third-order valence-electron chi connectivity index (χ3n) is 4.38. The Bertz CT molecular complexity index is 1030. The van der Waals surface area contributed by atoms with Gasteiger partial charge >= 0.3 is 11.2 Å². The molecule has 1 aromatic carbocycles. The summed E-state index contributed by atoms with van der Waals surface area (Å²) in [5.41, 5.74) is 1.20. The minimum absolute atomic E-state index is 0.00634. The van der Waals surface area contributed by atoms with Gasteiger partial charge in [-0.15, -0.1) is 0 Å². The monoisotopic (exact) mass is 352 g/mol. The van der Waals surface area contributed by atoms with Crippen LogP contribution >= 0.6 is 0 Å². The van der Waals surface area contributed by atoms with Crippen molar-refractivity contribution >= 4 is 17.2 Å². The number of fused-ring (bicyclic) bond motifs is 1. The summed E-state index contributed by atoms with van der Waals surface area (Å²) in [6.45, 7) is 6.02. The van der Waals surface area contributed by atoms with Crippen molar-refractivity contribution in [3.05, 3.63) is 80.3 Å². The Hall–Kier alpha value is -3.22. The van der Waals surface area contributed by atoms with Crippen LogP contribution in [0.4, 0.5) is 11.5 Å². The summed E-state index contributed by atoms with van der Waals surface area (Å²) in [4.78, 5) is 27.8. The van der Waals surface area contributed by atoms with Crippen molar-refractivity contribution in [3.8, 4) is 0 Å². The lowest BCUT2D eigenvalue weighted by Gasteiger charge is -2.25. The highest BCUT2D eigenvalue weighted by Gasteiger charge is 2.27. The standard InChI is InChI=1S/C19H20N4O3/c1-12(2)16(14-9-5-4-8-13(14)3)21-18-17(23(25)26)19(24)22-11-7-6-10-15(22)20-18/h4-12,16,21H,1-3H3. The van der Waals surface area contributed by atoms with Crippen LogP contribution < -0.4 is 10.9 Å². The summed E-state index contributed by atoms with van der Waals surface area (Å²) in [5.74, 6) is 0.125. The van der Waals surface area contributed by atoms with Crippen LogP contribution in [-0.4, -0.2) is 14.3 Å². The molecule has 0 saturated heterocycles. The van der Waals surface area contributed by atoms with Gasteiger partial charge in [0.25, 0.3) is 0 Å². The van der Waals surface area contributed by atoms with E-state index in [1.807, 2.05) is 45.0 Å². The molecule has 0 saturated carbocycles. The van der Waals surface area contributed by atoms with E-state index in [9.17, 15) is 14.9 Å². The molecule has 0 fully saturated rings. The largest absolute Gasteiger partial charge is 0.376 e. The topological polar surface area (TPSA) is 89.5 Å². The van der Waals surface area contributed by atoms with Gasteiger partial charge in [-0.2, -0.15) is 0 Å². The lowest BCUT2D eigenvalue weighted by molar-refractivity contribution is -0.385. The Balaban J connectivity index is 2.17. The lowest BCUT2D eigenvalue weighted by Crippen LogP contribution is -2.24. The highest BCUT2D eigenvalue weighted by molar-refractivity contribution is 5.61.